The van der Waals surface area contributed by atoms with Gasteiger partial charge in [0.05, 0.1) is 25.8 Å². The van der Waals surface area contributed by atoms with E-state index in [-0.39, 0.29) is 11.9 Å². The number of rotatable bonds is 6. The normalized spacial score (nSPS) is 19.4. The highest BCUT2D eigenvalue weighted by atomic mass is 16.5. The summed E-state index contributed by atoms with van der Waals surface area (Å²) in [5.41, 5.74) is 3.79. The summed E-state index contributed by atoms with van der Waals surface area (Å²) >= 11 is 0. The van der Waals surface area contributed by atoms with Gasteiger partial charge >= 0.3 is 0 Å². The van der Waals surface area contributed by atoms with E-state index in [0.717, 1.165) is 57.8 Å². The lowest BCUT2D eigenvalue weighted by molar-refractivity contribution is -0.123. The molecule has 1 atom stereocenters. The maximum absolute atomic E-state index is 12.6. The van der Waals surface area contributed by atoms with Crippen molar-refractivity contribution in [1.29, 1.82) is 0 Å². The van der Waals surface area contributed by atoms with Crippen LogP contribution in [0.1, 0.15) is 42.9 Å². The molecule has 1 unspecified atom stereocenters. The van der Waals surface area contributed by atoms with Gasteiger partial charge in [-0.2, -0.15) is 0 Å². The van der Waals surface area contributed by atoms with Crippen molar-refractivity contribution in [1.82, 2.24) is 10.2 Å². The number of hydrogen-bond acceptors (Lipinski definition) is 4. The number of piperidine rings is 1. The van der Waals surface area contributed by atoms with Crippen LogP contribution >= 0.6 is 0 Å². The number of hydrogen-bond donors (Lipinski definition) is 1. The molecule has 1 N–H and O–H groups in total. The molecule has 0 saturated carbocycles. The second-order valence-electron chi connectivity index (χ2n) is 8.44. The Bertz CT molecular complexity index is 795. The predicted molar refractivity (Wildman–Crippen MR) is 121 cm³/mol. The van der Waals surface area contributed by atoms with Gasteiger partial charge in [0.2, 0.25) is 5.91 Å². The van der Waals surface area contributed by atoms with Crippen LogP contribution in [0.3, 0.4) is 0 Å². The Kier molecular flexibility index (Phi) is 7.03. The average molecular weight is 408 g/mol. The lowest BCUT2D eigenvalue weighted by Gasteiger charge is -2.32. The molecule has 2 heterocycles. The molecule has 0 radical (unpaired) electrons. The number of nitrogens with one attached hydrogen (secondary N) is 1. The highest BCUT2D eigenvalue weighted by Crippen LogP contribution is 2.27. The molecular weight excluding hydrogens is 374 g/mol. The molecule has 0 bridgehead atoms. The van der Waals surface area contributed by atoms with Crippen molar-refractivity contribution < 1.29 is 9.53 Å². The third-order valence-electron chi connectivity index (χ3n) is 6.37. The van der Waals surface area contributed by atoms with Gasteiger partial charge in [0.1, 0.15) is 0 Å². The quantitative estimate of drug-likeness (QED) is 0.795. The van der Waals surface area contributed by atoms with Crippen LogP contribution in [0.15, 0.2) is 54.6 Å². The first-order valence-electron chi connectivity index (χ1n) is 11.2. The molecule has 2 fully saturated rings. The first-order chi connectivity index (χ1) is 14.7. The monoisotopic (exact) mass is 407 g/mol. The molecule has 30 heavy (non-hydrogen) atoms. The van der Waals surface area contributed by atoms with Crippen molar-refractivity contribution in [3.05, 3.63) is 65.7 Å². The van der Waals surface area contributed by atoms with Gasteiger partial charge in [0, 0.05) is 18.8 Å². The number of ether oxygens (including phenoxy) is 1. The van der Waals surface area contributed by atoms with Crippen molar-refractivity contribution in [3.63, 3.8) is 0 Å². The van der Waals surface area contributed by atoms with Gasteiger partial charge in [0.15, 0.2) is 0 Å². The highest BCUT2D eigenvalue weighted by Gasteiger charge is 2.22. The Hall–Kier alpha value is -2.37. The number of morpholine rings is 1. The Morgan fingerprint density at radius 3 is 2.33 bits per heavy atom. The van der Waals surface area contributed by atoms with Crippen LogP contribution in [0.5, 0.6) is 0 Å². The second-order valence-corrected chi connectivity index (χ2v) is 8.44. The summed E-state index contributed by atoms with van der Waals surface area (Å²) in [6, 6.07) is 19.3. The SMILES string of the molecule is CC(NC(=O)CN1CCC(c2ccccc2)CC1)c1ccc(N2CCOCC2)cc1. The number of amides is 1. The fraction of sp³-hybridized carbons (Fsp3) is 0.480. The van der Waals surface area contributed by atoms with Gasteiger partial charge in [-0.1, -0.05) is 42.5 Å². The minimum Gasteiger partial charge on any atom is -0.378 e. The predicted octanol–water partition coefficient (Wildman–Crippen LogP) is 3.58. The van der Waals surface area contributed by atoms with Crippen molar-refractivity contribution in [2.45, 2.75) is 31.7 Å². The van der Waals surface area contributed by atoms with Gasteiger partial charge in [0.25, 0.3) is 0 Å². The summed E-state index contributed by atoms with van der Waals surface area (Å²) in [5.74, 6) is 0.729. The van der Waals surface area contributed by atoms with E-state index in [1.165, 1.54) is 11.3 Å². The van der Waals surface area contributed by atoms with E-state index in [0.29, 0.717) is 12.5 Å². The summed E-state index contributed by atoms with van der Waals surface area (Å²) < 4.78 is 5.42. The molecule has 0 spiro atoms. The molecule has 0 aliphatic carbocycles. The van der Waals surface area contributed by atoms with Crippen molar-refractivity contribution in [3.8, 4) is 0 Å². The molecule has 0 aromatic heterocycles. The zero-order valence-electron chi connectivity index (χ0n) is 17.9. The van der Waals surface area contributed by atoms with Crippen LogP contribution in [0.2, 0.25) is 0 Å². The first kappa shape index (κ1) is 20.9. The largest absolute Gasteiger partial charge is 0.378 e. The van der Waals surface area contributed by atoms with Crippen LogP contribution in [0.25, 0.3) is 0 Å². The van der Waals surface area contributed by atoms with Gasteiger partial charge < -0.3 is 15.0 Å². The summed E-state index contributed by atoms with van der Waals surface area (Å²) in [4.78, 5) is 17.2. The molecule has 2 aromatic rings. The lowest BCUT2D eigenvalue weighted by Crippen LogP contribution is -2.41. The van der Waals surface area contributed by atoms with Crippen LogP contribution in [-0.2, 0) is 9.53 Å². The summed E-state index contributed by atoms with van der Waals surface area (Å²) in [7, 11) is 0. The van der Waals surface area contributed by atoms with E-state index in [1.807, 2.05) is 0 Å². The molecule has 5 heteroatoms. The van der Waals surface area contributed by atoms with E-state index in [2.05, 4.69) is 76.6 Å². The van der Waals surface area contributed by atoms with E-state index >= 15 is 0 Å². The third-order valence-corrected chi connectivity index (χ3v) is 6.37. The smallest absolute Gasteiger partial charge is 0.234 e. The Labute approximate surface area is 180 Å². The van der Waals surface area contributed by atoms with E-state index in [4.69, 9.17) is 4.74 Å². The summed E-state index contributed by atoms with van der Waals surface area (Å²) in [6.45, 7) is 7.96. The third kappa shape index (κ3) is 5.41. The molecule has 1 amide bonds. The van der Waals surface area contributed by atoms with Gasteiger partial charge in [-0.05, 0) is 62.0 Å². The van der Waals surface area contributed by atoms with Crippen LogP contribution in [0.4, 0.5) is 5.69 Å². The Morgan fingerprint density at radius 2 is 1.67 bits per heavy atom. The maximum atomic E-state index is 12.6. The number of nitrogens with zero attached hydrogens (tertiary/aromatic N) is 2. The Morgan fingerprint density at radius 1 is 1.00 bits per heavy atom. The van der Waals surface area contributed by atoms with Gasteiger partial charge in [-0.25, -0.2) is 0 Å². The number of benzene rings is 2. The molecule has 2 saturated heterocycles. The van der Waals surface area contributed by atoms with Crippen molar-refractivity contribution in [2.24, 2.45) is 0 Å². The minimum atomic E-state index is 0.0121. The first-order valence-corrected chi connectivity index (χ1v) is 11.2. The fourth-order valence-corrected chi connectivity index (χ4v) is 4.52. The zero-order valence-corrected chi connectivity index (χ0v) is 17.9. The number of carbonyl (C=O) groups excluding carboxylic acids is 1. The molecule has 2 aliphatic rings. The molecule has 4 rings (SSSR count). The van der Waals surface area contributed by atoms with Gasteiger partial charge in [-0.15, -0.1) is 0 Å². The molecule has 2 aromatic carbocycles. The summed E-state index contributed by atoms with van der Waals surface area (Å²) in [5, 5.41) is 3.17. The standard InChI is InChI=1S/C25H33N3O2/c1-20(21-7-9-24(10-8-21)28-15-17-30-18-16-28)26-25(29)19-27-13-11-23(12-14-27)22-5-3-2-4-6-22/h2-10,20,23H,11-19H2,1H3,(H,26,29). The van der Waals surface area contributed by atoms with Crippen LogP contribution in [-0.4, -0.2) is 56.7 Å². The van der Waals surface area contributed by atoms with Crippen LogP contribution in [0, 0.1) is 0 Å². The van der Waals surface area contributed by atoms with Crippen molar-refractivity contribution >= 4 is 11.6 Å². The number of anilines is 1. The number of carbonyl (C=O) groups is 1. The van der Waals surface area contributed by atoms with E-state index in [9.17, 15) is 4.79 Å². The maximum Gasteiger partial charge on any atom is 0.234 e. The van der Waals surface area contributed by atoms with E-state index in [1.54, 1.807) is 0 Å². The van der Waals surface area contributed by atoms with E-state index < -0.39 is 0 Å². The second kappa shape index (κ2) is 10.1. The minimum absolute atomic E-state index is 0.0121. The molecule has 5 nitrogen and oxygen atoms in total. The molecule has 2 aliphatic heterocycles. The highest BCUT2D eigenvalue weighted by molar-refractivity contribution is 5.78. The van der Waals surface area contributed by atoms with Gasteiger partial charge in [-0.3, -0.25) is 9.69 Å². The topological polar surface area (TPSA) is 44.8 Å². The average Bonchev–Trinajstić information content (AvgIpc) is 2.81. The molecule has 160 valence electrons. The Balaban J connectivity index is 1.23. The zero-order chi connectivity index (χ0) is 20.8. The fourth-order valence-electron chi connectivity index (χ4n) is 4.52. The lowest BCUT2D eigenvalue weighted by atomic mass is 9.89. The molecular formula is C25H33N3O2. The number of likely N-dealkylation sites (tertiary alicyclic amines) is 1. The van der Waals surface area contributed by atoms with Crippen LogP contribution < -0.4 is 10.2 Å². The summed E-state index contributed by atoms with van der Waals surface area (Å²) in [6.07, 6.45) is 2.24. The van der Waals surface area contributed by atoms with Crippen molar-refractivity contribution in [2.75, 3.05) is 50.8 Å².